The maximum absolute atomic E-state index is 10.4. The number of rotatable bonds is 4. The Morgan fingerprint density at radius 2 is 2.13 bits per heavy atom. The molecule has 0 heterocycles. The van der Waals surface area contributed by atoms with E-state index in [-0.39, 0.29) is 23.7 Å². The van der Waals surface area contributed by atoms with Crippen LogP contribution in [0.1, 0.15) is 13.3 Å². The summed E-state index contributed by atoms with van der Waals surface area (Å²) in [5.74, 6) is -1.59. The van der Waals surface area contributed by atoms with Crippen molar-refractivity contribution < 1.29 is 24.9 Å². The van der Waals surface area contributed by atoms with E-state index in [1.165, 1.54) is 18.2 Å². The predicted molar refractivity (Wildman–Crippen MR) is 52.1 cm³/mol. The highest BCUT2D eigenvalue weighted by Gasteiger charge is 2.13. The first-order chi connectivity index (χ1) is 7.00. The van der Waals surface area contributed by atoms with Gasteiger partial charge in [-0.25, -0.2) is 0 Å². The van der Waals surface area contributed by atoms with Crippen molar-refractivity contribution in [2.24, 2.45) is 0 Å². The number of ether oxygens (including phenoxy) is 1. The van der Waals surface area contributed by atoms with Gasteiger partial charge in [0.25, 0.3) is 0 Å². The van der Waals surface area contributed by atoms with E-state index in [9.17, 15) is 9.90 Å². The number of hydrogen-bond donors (Lipinski definition) is 3. The van der Waals surface area contributed by atoms with Crippen LogP contribution in [0, 0.1) is 0 Å². The van der Waals surface area contributed by atoms with E-state index < -0.39 is 12.1 Å². The SMILES string of the molecule is C[C@@H](CC(=O)O)Oc1cccc(O)c1O. The topological polar surface area (TPSA) is 87.0 Å². The lowest BCUT2D eigenvalue weighted by Gasteiger charge is -2.13. The van der Waals surface area contributed by atoms with Gasteiger partial charge in [-0.3, -0.25) is 4.79 Å². The average molecular weight is 212 g/mol. The van der Waals surface area contributed by atoms with Gasteiger partial charge in [0.1, 0.15) is 6.10 Å². The van der Waals surface area contributed by atoms with E-state index in [1.807, 2.05) is 0 Å². The number of aliphatic carboxylic acids is 1. The second kappa shape index (κ2) is 4.54. The van der Waals surface area contributed by atoms with Crippen molar-refractivity contribution in [3.63, 3.8) is 0 Å². The van der Waals surface area contributed by atoms with Crippen molar-refractivity contribution in [2.75, 3.05) is 0 Å². The third kappa shape index (κ3) is 3.05. The third-order valence-electron chi connectivity index (χ3n) is 1.77. The van der Waals surface area contributed by atoms with Gasteiger partial charge in [-0.2, -0.15) is 0 Å². The smallest absolute Gasteiger partial charge is 0.307 e. The number of para-hydroxylation sites is 1. The number of carbonyl (C=O) groups is 1. The second-order valence-corrected chi connectivity index (χ2v) is 3.15. The molecular weight excluding hydrogens is 200 g/mol. The standard InChI is InChI=1S/C10H12O5/c1-6(5-9(12)13)15-8-4-2-3-7(11)10(8)14/h2-4,6,11,14H,5H2,1H3,(H,12,13)/t6-/m0/s1. The van der Waals surface area contributed by atoms with Gasteiger partial charge in [0.15, 0.2) is 11.5 Å². The maximum atomic E-state index is 10.4. The van der Waals surface area contributed by atoms with Crippen LogP contribution in [0.3, 0.4) is 0 Å². The van der Waals surface area contributed by atoms with Crippen LogP contribution < -0.4 is 4.74 Å². The monoisotopic (exact) mass is 212 g/mol. The largest absolute Gasteiger partial charge is 0.504 e. The van der Waals surface area contributed by atoms with E-state index in [0.29, 0.717) is 0 Å². The van der Waals surface area contributed by atoms with E-state index in [0.717, 1.165) is 0 Å². The van der Waals surface area contributed by atoms with Gasteiger partial charge in [-0.1, -0.05) is 6.07 Å². The Morgan fingerprint density at radius 1 is 1.47 bits per heavy atom. The molecule has 0 fully saturated rings. The second-order valence-electron chi connectivity index (χ2n) is 3.15. The lowest BCUT2D eigenvalue weighted by Crippen LogP contribution is -2.16. The van der Waals surface area contributed by atoms with Gasteiger partial charge in [0, 0.05) is 0 Å². The molecule has 0 bridgehead atoms. The molecule has 15 heavy (non-hydrogen) atoms. The third-order valence-corrected chi connectivity index (χ3v) is 1.77. The first-order valence-corrected chi connectivity index (χ1v) is 4.40. The Kier molecular flexibility index (Phi) is 3.38. The number of benzene rings is 1. The van der Waals surface area contributed by atoms with Gasteiger partial charge >= 0.3 is 5.97 Å². The van der Waals surface area contributed by atoms with Gasteiger partial charge in [-0.05, 0) is 19.1 Å². The van der Waals surface area contributed by atoms with E-state index >= 15 is 0 Å². The molecule has 0 saturated carbocycles. The Labute approximate surface area is 86.5 Å². The molecule has 1 aromatic rings. The molecule has 0 radical (unpaired) electrons. The summed E-state index contributed by atoms with van der Waals surface area (Å²) in [7, 11) is 0. The maximum Gasteiger partial charge on any atom is 0.307 e. The molecule has 0 amide bonds. The van der Waals surface area contributed by atoms with Gasteiger partial charge in [0.2, 0.25) is 5.75 Å². The molecule has 0 aromatic heterocycles. The molecule has 5 heteroatoms. The fourth-order valence-corrected chi connectivity index (χ4v) is 1.11. The van der Waals surface area contributed by atoms with Crippen molar-refractivity contribution in [3.05, 3.63) is 18.2 Å². The molecule has 0 saturated heterocycles. The van der Waals surface area contributed by atoms with Crippen molar-refractivity contribution in [2.45, 2.75) is 19.4 Å². The quantitative estimate of drug-likeness (QED) is 0.655. The minimum Gasteiger partial charge on any atom is -0.504 e. The summed E-state index contributed by atoms with van der Waals surface area (Å²) >= 11 is 0. The number of carboxylic acids is 1. The highest BCUT2D eigenvalue weighted by molar-refractivity contribution is 5.67. The van der Waals surface area contributed by atoms with Crippen molar-refractivity contribution in [1.29, 1.82) is 0 Å². The molecule has 0 aliphatic heterocycles. The molecule has 0 aliphatic rings. The molecular formula is C10H12O5. The number of hydrogen-bond acceptors (Lipinski definition) is 4. The fourth-order valence-electron chi connectivity index (χ4n) is 1.11. The summed E-state index contributed by atoms with van der Waals surface area (Å²) in [6, 6.07) is 4.26. The lowest BCUT2D eigenvalue weighted by molar-refractivity contribution is -0.138. The molecule has 0 aliphatic carbocycles. The Hall–Kier alpha value is -1.91. The lowest BCUT2D eigenvalue weighted by atomic mass is 10.2. The molecule has 1 rings (SSSR count). The predicted octanol–water partition coefficient (Wildman–Crippen LogP) is 1.34. The van der Waals surface area contributed by atoms with Crippen molar-refractivity contribution in [3.8, 4) is 17.2 Å². The normalized spacial score (nSPS) is 12.1. The highest BCUT2D eigenvalue weighted by atomic mass is 16.5. The van der Waals surface area contributed by atoms with Gasteiger partial charge in [-0.15, -0.1) is 0 Å². The molecule has 0 spiro atoms. The zero-order valence-electron chi connectivity index (χ0n) is 8.17. The van der Waals surface area contributed by atoms with Crippen LogP contribution in [0.5, 0.6) is 17.2 Å². The van der Waals surface area contributed by atoms with Crippen LogP contribution in [0.15, 0.2) is 18.2 Å². The number of phenols is 2. The molecule has 1 atom stereocenters. The highest BCUT2D eigenvalue weighted by Crippen LogP contribution is 2.35. The summed E-state index contributed by atoms with van der Waals surface area (Å²) in [6.07, 6.45) is -0.745. The fraction of sp³-hybridized carbons (Fsp3) is 0.300. The summed E-state index contributed by atoms with van der Waals surface area (Å²) < 4.78 is 5.15. The zero-order chi connectivity index (χ0) is 11.4. The molecule has 0 unspecified atom stereocenters. The summed E-state index contributed by atoms with van der Waals surface area (Å²) in [6.45, 7) is 1.57. The number of aromatic hydroxyl groups is 2. The summed E-state index contributed by atoms with van der Waals surface area (Å²) in [5.41, 5.74) is 0. The first-order valence-electron chi connectivity index (χ1n) is 4.40. The number of carboxylic acid groups (broad SMARTS) is 1. The molecule has 82 valence electrons. The zero-order valence-corrected chi connectivity index (χ0v) is 8.17. The van der Waals surface area contributed by atoms with Crippen LogP contribution in [0.4, 0.5) is 0 Å². The average Bonchev–Trinajstić information content (AvgIpc) is 2.11. The Bertz CT molecular complexity index is 361. The Morgan fingerprint density at radius 3 is 2.73 bits per heavy atom. The number of phenolic OH excluding ortho intramolecular Hbond substituents is 2. The molecule has 1 aromatic carbocycles. The van der Waals surface area contributed by atoms with Crippen molar-refractivity contribution in [1.82, 2.24) is 0 Å². The van der Waals surface area contributed by atoms with Crippen LogP contribution in [-0.4, -0.2) is 27.4 Å². The van der Waals surface area contributed by atoms with Crippen molar-refractivity contribution >= 4 is 5.97 Å². The van der Waals surface area contributed by atoms with E-state index in [4.69, 9.17) is 14.9 Å². The minimum atomic E-state index is -0.984. The first kappa shape index (κ1) is 11.2. The van der Waals surface area contributed by atoms with Crippen LogP contribution in [0.2, 0.25) is 0 Å². The minimum absolute atomic E-state index is 0.0729. The van der Waals surface area contributed by atoms with Gasteiger partial charge < -0.3 is 20.1 Å². The molecule has 3 N–H and O–H groups in total. The van der Waals surface area contributed by atoms with E-state index in [1.54, 1.807) is 6.92 Å². The van der Waals surface area contributed by atoms with E-state index in [2.05, 4.69) is 0 Å². The summed E-state index contributed by atoms with van der Waals surface area (Å²) in [5, 5.41) is 27.0. The van der Waals surface area contributed by atoms with Gasteiger partial charge in [0.05, 0.1) is 6.42 Å². The van der Waals surface area contributed by atoms with Crippen LogP contribution in [-0.2, 0) is 4.79 Å². The molecule has 5 nitrogen and oxygen atoms in total. The van der Waals surface area contributed by atoms with Crippen LogP contribution >= 0.6 is 0 Å². The summed E-state index contributed by atoms with van der Waals surface area (Å²) in [4.78, 5) is 10.4. The Balaban J connectivity index is 2.72. The van der Waals surface area contributed by atoms with Crippen LogP contribution in [0.25, 0.3) is 0 Å².